The van der Waals surface area contributed by atoms with Crippen molar-refractivity contribution < 1.29 is 14.5 Å². The third kappa shape index (κ3) is 3.48. The summed E-state index contributed by atoms with van der Waals surface area (Å²) in [5.41, 5.74) is -0.148. The molecule has 0 heterocycles. The summed E-state index contributed by atoms with van der Waals surface area (Å²) in [6, 6.07) is 13.2. The Labute approximate surface area is 134 Å². The van der Waals surface area contributed by atoms with Gasteiger partial charge in [-0.1, -0.05) is 18.2 Å². The molecule has 2 rings (SSSR count). The fourth-order valence-corrected chi connectivity index (χ4v) is 2.25. The van der Waals surface area contributed by atoms with Crippen LogP contribution in [0.3, 0.4) is 0 Å². The minimum Gasteiger partial charge on any atom is -0.497 e. The molecule has 2 aromatic rings. The van der Waals surface area contributed by atoms with Gasteiger partial charge in [-0.05, 0) is 38.1 Å². The van der Waals surface area contributed by atoms with Crippen LogP contribution in [0.4, 0.5) is 11.4 Å². The number of nitro benzene ring substituents is 1. The van der Waals surface area contributed by atoms with Crippen molar-refractivity contribution >= 4 is 17.3 Å². The van der Waals surface area contributed by atoms with Crippen LogP contribution >= 0.6 is 0 Å². The van der Waals surface area contributed by atoms with Gasteiger partial charge in [0.2, 0.25) is 5.91 Å². The predicted octanol–water partition coefficient (Wildman–Crippen LogP) is 3.52. The van der Waals surface area contributed by atoms with Crippen LogP contribution in [0.2, 0.25) is 0 Å². The van der Waals surface area contributed by atoms with Gasteiger partial charge in [0.25, 0.3) is 5.69 Å². The van der Waals surface area contributed by atoms with Crippen LogP contribution in [0, 0.1) is 10.1 Å². The van der Waals surface area contributed by atoms with Gasteiger partial charge in [0.1, 0.15) is 5.75 Å². The fraction of sp³-hybridized carbons (Fsp3) is 0.235. The monoisotopic (exact) mass is 314 g/mol. The maximum Gasteiger partial charge on any atom is 0.273 e. The number of hydrogen-bond donors (Lipinski definition) is 1. The van der Waals surface area contributed by atoms with E-state index in [1.54, 1.807) is 63.4 Å². The number of nitro groups is 1. The van der Waals surface area contributed by atoms with E-state index < -0.39 is 10.3 Å². The summed E-state index contributed by atoms with van der Waals surface area (Å²) < 4.78 is 5.07. The Hall–Kier alpha value is -2.89. The zero-order chi connectivity index (χ0) is 17.0. The van der Waals surface area contributed by atoms with Crippen LogP contribution in [0.15, 0.2) is 48.5 Å². The fourth-order valence-electron chi connectivity index (χ4n) is 2.25. The van der Waals surface area contributed by atoms with E-state index in [2.05, 4.69) is 5.32 Å². The summed E-state index contributed by atoms with van der Waals surface area (Å²) in [4.78, 5) is 23.3. The van der Waals surface area contributed by atoms with Crippen molar-refractivity contribution in [3.05, 3.63) is 64.2 Å². The summed E-state index contributed by atoms with van der Waals surface area (Å²) >= 11 is 0. The molecule has 0 bridgehead atoms. The second kappa shape index (κ2) is 6.48. The van der Waals surface area contributed by atoms with Crippen LogP contribution in [0.5, 0.6) is 5.75 Å². The molecule has 0 saturated heterocycles. The summed E-state index contributed by atoms with van der Waals surface area (Å²) in [6.45, 7) is 3.32. The van der Waals surface area contributed by atoms with Crippen LogP contribution in [-0.2, 0) is 10.2 Å². The number of anilines is 1. The maximum atomic E-state index is 12.6. The minimum absolute atomic E-state index is 0.0672. The number of hydrogen-bond acceptors (Lipinski definition) is 4. The van der Waals surface area contributed by atoms with Gasteiger partial charge < -0.3 is 10.1 Å². The highest BCUT2D eigenvalue weighted by Crippen LogP contribution is 2.32. The Morgan fingerprint density at radius 3 is 2.30 bits per heavy atom. The molecule has 0 aliphatic rings. The molecule has 1 N–H and O–H groups in total. The van der Waals surface area contributed by atoms with Gasteiger partial charge in [-0.2, -0.15) is 0 Å². The Morgan fingerprint density at radius 1 is 1.13 bits per heavy atom. The van der Waals surface area contributed by atoms with Crippen LogP contribution < -0.4 is 10.1 Å². The Balaban J connectivity index is 2.28. The molecule has 0 spiro atoms. The first-order chi connectivity index (χ1) is 10.9. The lowest BCUT2D eigenvalue weighted by molar-refractivity contribution is -0.385. The predicted molar refractivity (Wildman–Crippen MR) is 87.7 cm³/mol. The van der Waals surface area contributed by atoms with Crippen molar-refractivity contribution in [3.8, 4) is 5.75 Å². The third-order valence-electron chi connectivity index (χ3n) is 3.69. The van der Waals surface area contributed by atoms with E-state index in [1.807, 2.05) is 0 Å². The van der Waals surface area contributed by atoms with E-state index in [-0.39, 0.29) is 11.6 Å². The lowest BCUT2D eigenvalue weighted by Gasteiger charge is -2.24. The zero-order valence-corrected chi connectivity index (χ0v) is 13.2. The first-order valence-corrected chi connectivity index (χ1v) is 7.05. The van der Waals surface area contributed by atoms with Gasteiger partial charge in [-0.3, -0.25) is 14.9 Å². The van der Waals surface area contributed by atoms with Crippen LogP contribution in [0.25, 0.3) is 0 Å². The molecule has 0 aliphatic heterocycles. The molecule has 6 heteroatoms. The lowest BCUT2D eigenvalue weighted by Crippen LogP contribution is -2.35. The SMILES string of the molecule is COc1ccc(NC(=O)C(C)(C)c2ccccc2[N+](=O)[O-])cc1. The third-order valence-corrected chi connectivity index (χ3v) is 3.69. The molecule has 0 atom stereocenters. The molecule has 0 fully saturated rings. The number of methoxy groups -OCH3 is 1. The number of para-hydroxylation sites is 1. The number of amides is 1. The highest BCUT2D eigenvalue weighted by atomic mass is 16.6. The van der Waals surface area contributed by atoms with Crippen molar-refractivity contribution in [2.75, 3.05) is 12.4 Å². The van der Waals surface area contributed by atoms with E-state index in [0.29, 0.717) is 17.0 Å². The minimum atomic E-state index is -1.05. The average Bonchev–Trinajstić information content (AvgIpc) is 2.55. The first-order valence-electron chi connectivity index (χ1n) is 7.05. The van der Waals surface area contributed by atoms with Gasteiger partial charge >= 0.3 is 0 Å². The van der Waals surface area contributed by atoms with Gasteiger partial charge in [0.05, 0.1) is 17.4 Å². The number of nitrogens with zero attached hydrogens (tertiary/aromatic N) is 1. The molecule has 0 aromatic heterocycles. The Morgan fingerprint density at radius 2 is 1.74 bits per heavy atom. The van der Waals surface area contributed by atoms with Crippen molar-refractivity contribution in [2.24, 2.45) is 0 Å². The molecule has 120 valence electrons. The molecule has 2 aromatic carbocycles. The molecular weight excluding hydrogens is 296 g/mol. The van der Waals surface area contributed by atoms with Crippen molar-refractivity contribution in [1.29, 1.82) is 0 Å². The quantitative estimate of drug-likeness (QED) is 0.676. The zero-order valence-electron chi connectivity index (χ0n) is 13.2. The molecule has 23 heavy (non-hydrogen) atoms. The van der Waals surface area contributed by atoms with E-state index in [1.165, 1.54) is 6.07 Å². The van der Waals surface area contributed by atoms with Crippen molar-refractivity contribution in [1.82, 2.24) is 0 Å². The molecule has 1 amide bonds. The van der Waals surface area contributed by atoms with E-state index in [4.69, 9.17) is 4.74 Å². The second-order valence-electron chi connectivity index (χ2n) is 5.58. The largest absolute Gasteiger partial charge is 0.497 e. The standard InChI is InChI=1S/C17H18N2O4/c1-17(2,14-6-4-5-7-15(14)19(21)22)16(20)18-12-8-10-13(23-3)11-9-12/h4-11H,1-3H3,(H,18,20). The highest BCUT2D eigenvalue weighted by molar-refractivity contribution is 5.99. The average molecular weight is 314 g/mol. The molecule has 0 radical (unpaired) electrons. The van der Waals surface area contributed by atoms with Crippen LogP contribution in [0.1, 0.15) is 19.4 Å². The van der Waals surface area contributed by atoms with Crippen molar-refractivity contribution in [2.45, 2.75) is 19.3 Å². The topological polar surface area (TPSA) is 81.5 Å². The summed E-state index contributed by atoms with van der Waals surface area (Å²) in [5, 5.41) is 14.0. The summed E-state index contributed by atoms with van der Waals surface area (Å²) in [7, 11) is 1.56. The smallest absolute Gasteiger partial charge is 0.273 e. The van der Waals surface area contributed by atoms with Gasteiger partial charge in [-0.25, -0.2) is 0 Å². The van der Waals surface area contributed by atoms with Gasteiger partial charge in [0, 0.05) is 17.3 Å². The van der Waals surface area contributed by atoms with Gasteiger partial charge in [0.15, 0.2) is 0 Å². The molecule has 0 unspecified atom stereocenters. The number of benzene rings is 2. The molecular formula is C17H18N2O4. The van der Waals surface area contributed by atoms with E-state index >= 15 is 0 Å². The second-order valence-corrected chi connectivity index (χ2v) is 5.58. The maximum absolute atomic E-state index is 12.6. The molecule has 0 aliphatic carbocycles. The Kier molecular flexibility index (Phi) is 4.64. The molecule has 0 saturated carbocycles. The first kappa shape index (κ1) is 16.5. The van der Waals surface area contributed by atoms with Crippen molar-refractivity contribution in [3.63, 3.8) is 0 Å². The highest BCUT2D eigenvalue weighted by Gasteiger charge is 2.35. The Bertz CT molecular complexity index is 724. The molecule has 6 nitrogen and oxygen atoms in total. The lowest BCUT2D eigenvalue weighted by atomic mass is 9.82. The number of carbonyl (C=O) groups is 1. The number of ether oxygens (including phenoxy) is 1. The number of nitrogens with one attached hydrogen (secondary N) is 1. The van der Waals surface area contributed by atoms with E-state index in [0.717, 1.165) is 0 Å². The number of rotatable bonds is 5. The van der Waals surface area contributed by atoms with Crippen LogP contribution in [-0.4, -0.2) is 17.9 Å². The summed E-state index contributed by atoms with van der Waals surface area (Å²) in [6.07, 6.45) is 0. The number of carbonyl (C=O) groups excluding carboxylic acids is 1. The van der Waals surface area contributed by atoms with E-state index in [9.17, 15) is 14.9 Å². The summed E-state index contributed by atoms with van der Waals surface area (Å²) in [5.74, 6) is 0.359. The van der Waals surface area contributed by atoms with Gasteiger partial charge in [-0.15, -0.1) is 0 Å². The normalized spacial score (nSPS) is 10.9.